The number of benzene rings is 2. The van der Waals surface area contributed by atoms with E-state index in [1.165, 1.54) is 4.57 Å². The van der Waals surface area contributed by atoms with Crippen LogP contribution in [0.15, 0.2) is 51.7 Å². The number of fused-ring (bicyclic) bond motifs is 2. The van der Waals surface area contributed by atoms with Crippen LogP contribution in [-0.2, 0) is 11.3 Å². The first-order valence-corrected chi connectivity index (χ1v) is 9.30. The summed E-state index contributed by atoms with van der Waals surface area (Å²) >= 11 is 5.92. The Labute approximate surface area is 166 Å². The number of rotatable bonds is 5. The van der Waals surface area contributed by atoms with E-state index in [2.05, 4.69) is 0 Å². The molecule has 0 unspecified atom stereocenters. The van der Waals surface area contributed by atoms with Crippen LogP contribution >= 0.6 is 11.6 Å². The van der Waals surface area contributed by atoms with Crippen molar-refractivity contribution in [2.24, 2.45) is 0 Å². The van der Waals surface area contributed by atoms with Gasteiger partial charge in [-0.05, 0) is 24.3 Å². The summed E-state index contributed by atoms with van der Waals surface area (Å²) in [7, 11) is 1.71. The predicted octanol–water partition coefficient (Wildman–Crippen LogP) is 2.94. The number of aryl methyl sites for hydroxylation is 1. The summed E-state index contributed by atoms with van der Waals surface area (Å²) in [6, 6.07) is 12.4. The molecule has 0 spiro atoms. The summed E-state index contributed by atoms with van der Waals surface area (Å²) < 4.78 is 18.2. The maximum absolute atomic E-state index is 12.5. The Hall–Kier alpha value is -2.93. The van der Waals surface area contributed by atoms with Crippen LogP contribution in [0.4, 0.5) is 0 Å². The molecule has 3 aromatic rings. The van der Waals surface area contributed by atoms with Gasteiger partial charge in [-0.3, -0.25) is 9.36 Å². The van der Waals surface area contributed by atoms with Crippen LogP contribution < -0.4 is 15.2 Å². The molecule has 0 aliphatic carbocycles. The van der Waals surface area contributed by atoms with Crippen molar-refractivity contribution >= 4 is 28.6 Å². The molecule has 0 fully saturated rings. The zero-order valence-corrected chi connectivity index (χ0v) is 16.0. The van der Waals surface area contributed by atoms with Gasteiger partial charge in [0.25, 0.3) is 0 Å². The molecule has 0 saturated heterocycles. The standard InChI is InChI=1S/C20H19ClN2O5/c1-22(11-14-12-26-16-4-2-3-5-17(16)27-14)19(24)8-9-23-15-7-6-13(21)10-18(15)28-20(23)25/h2-7,10,14H,8-9,11-12H2,1H3/t14-/m0/s1. The summed E-state index contributed by atoms with van der Waals surface area (Å²) in [5, 5.41) is 0.487. The van der Waals surface area contributed by atoms with Crippen molar-refractivity contribution < 1.29 is 18.7 Å². The molecule has 1 aliphatic heterocycles. The van der Waals surface area contributed by atoms with Crippen molar-refractivity contribution in [2.45, 2.75) is 19.1 Å². The molecule has 28 heavy (non-hydrogen) atoms. The van der Waals surface area contributed by atoms with Gasteiger partial charge < -0.3 is 18.8 Å². The first-order valence-electron chi connectivity index (χ1n) is 8.92. The number of para-hydroxylation sites is 2. The van der Waals surface area contributed by atoms with E-state index in [-0.39, 0.29) is 25.0 Å². The van der Waals surface area contributed by atoms with E-state index in [0.717, 1.165) is 0 Å². The SMILES string of the molecule is CN(C[C@H]1COc2ccccc2O1)C(=O)CCn1c(=O)oc2cc(Cl)ccc21. The van der Waals surface area contributed by atoms with E-state index in [1.807, 2.05) is 24.3 Å². The number of oxazole rings is 1. The number of amides is 1. The van der Waals surface area contributed by atoms with Crippen molar-refractivity contribution in [1.82, 2.24) is 9.47 Å². The fourth-order valence-electron chi connectivity index (χ4n) is 3.21. The average Bonchev–Trinajstić information content (AvgIpc) is 3.00. The minimum atomic E-state index is -0.506. The second-order valence-corrected chi connectivity index (χ2v) is 7.09. The third kappa shape index (κ3) is 3.71. The van der Waals surface area contributed by atoms with Gasteiger partial charge in [0.2, 0.25) is 5.91 Å². The Morgan fingerprint density at radius 1 is 1.25 bits per heavy atom. The normalized spacial score (nSPS) is 15.6. The summed E-state index contributed by atoms with van der Waals surface area (Å²) in [5.41, 5.74) is 1.02. The number of carbonyl (C=O) groups excluding carboxylic acids is 1. The third-order valence-electron chi connectivity index (χ3n) is 4.65. The Bertz CT molecular complexity index is 1070. The molecule has 1 amide bonds. The monoisotopic (exact) mass is 402 g/mol. The first kappa shape index (κ1) is 18.4. The van der Waals surface area contributed by atoms with Gasteiger partial charge in [-0.1, -0.05) is 23.7 Å². The van der Waals surface area contributed by atoms with Crippen molar-refractivity contribution in [2.75, 3.05) is 20.2 Å². The lowest BCUT2D eigenvalue weighted by Gasteiger charge is -2.29. The number of nitrogens with zero attached hydrogens (tertiary/aromatic N) is 2. The Morgan fingerprint density at radius 2 is 2.04 bits per heavy atom. The van der Waals surface area contributed by atoms with Gasteiger partial charge in [-0.15, -0.1) is 0 Å². The molecule has 0 radical (unpaired) electrons. The summed E-state index contributed by atoms with van der Waals surface area (Å²) in [4.78, 5) is 26.2. The number of carbonyl (C=O) groups is 1. The highest BCUT2D eigenvalue weighted by Crippen LogP contribution is 2.31. The average molecular weight is 403 g/mol. The topological polar surface area (TPSA) is 73.9 Å². The molecule has 0 N–H and O–H groups in total. The molecule has 1 atom stereocenters. The highest BCUT2D eigenvalue weighted by molar-refractivity contribution is 6.31. The molecule has 2 heterocycles. The van der Waals surface area contributed by atoms with Crippen molar-refractivity contribution in [3.05, 3.63) is 58.0 Å². The van der Waals surface area contributed by atoms with Gasteiger partial charge in [0.05, 0.1) is 12.1 Å². The zero-order valence-electron chi connectivity index (χ0n) is 15.3. The summed E-state index contributed by atoms with van der Waals surface area (Å²) in [5.74, 6) is 0.778. The van der Waals surface area contributed by atoms with E-state index >= 15 is 0 Å². The lowest BCUT2D eigenvalue weighted by molar-refractivity contribution is -0.131. The van der Waals surface area contributed by atoms with E-state index in [1.54, 1.807) is 30.1 Å². The van der Waals surface area contributed by atoms with E-state index in [9.17, 15) is 9.59 Å². The molecular formula is C20H19ClN2O5. The van der Waals surface area contributed by atoms with Crippen LogP contribution in [0.5, 0.6) is 11.5 Å². The largest absolute Gasteiger partial charge is 0.486 e. The minimum Gasteiger partial charge on any atom is -0.486 e. The predicted molar refractivity (Wildman–Crippen MR) is 104 cm³/mol. The second kappa shape index (κ2) is 7.59. The van der Waals surface area contributed by atoms with E-state index in [0.29, 0.717) is 40.8 Å². The van der Waals surface area contributed by atoms with Gasteiger partial charge in [0.15, 0.2) is 23.2 Å². The number of hydrogen-bond acceptors (Lipinski definition) is 5. The maximum atomic E-state index is 12.5. The molecule has 0 bridgehead atoms. The van der Waals surface area contributed by atoms with Crippen molar-refractivity contribution in [3.63, 3.8) is 0 Å². The number of aromatic nitrogens is 1. The fraction of sp³-hybridized carbons (Fsp3) is 0.300. The second-order valence-electron chi connectivity index (χ2n) is 6.65. The molecule has 7 nitrogen and oxygen atoms in total. The Morgan fingerprint density at radius 3 is 2.86 bits per heavy atom. The highest BCUT2D eigenvalue weighted by Gasteiger charge is 2.24. The van der Waals surface area contributed by atoms with Crippen LogP contribution in [0, 0.1) is 0 Å². The van der Waals surface area contributed by atoms with Crippen LogP contribution in [0.2, 0.25) is 5.02 Å². The van der Waals surface area contributed by atoms with Gasteiger partial charge in [-0.2, -0.15) is 0 Å². The highest BCUT2D eigenvalue weighted by atomic mass is 35.5. The zero-order chi connectivity index (χ0) is 19.7. The van der Waals surface area contributed by atoms with Gasteiger partial charge in [0.1, 0.15) is 6.61 Å². The molecule has 2 aromatic carbocycles. The molecule has 4 rings (SSSR count). The molecule has 146 valence electrons. The Kier molecular flexibility index (Phi) is 5.00. The van der Waals surface area contributed by atoms with Gasteiger partial charge in [0, 0.05) is 31.1 Å². The van der Waals surface area contributed by atoms with Crippen LogP contribution in [-0.4, -0.2) is 41.7 Å². The van der Waals surface area contributed by atoms with Crippen LogP contribution in [0.25, 0.3) is 11.1 Å². The molecule has 8 heteroatoms. The quantitative estimate of drug-likeness (QED) is 0.656. The van der Waals surface area contributed by atoms with E-state index in [4.69, 9.17) is 25.5 Å². The molecule has 0 saturated carbocycles. The lowest BCUT2D eigenvalue weighted by atomic mass is 10.2. The number of halogens is 1. The summed E-state index contributed by atoms with van der Waals surface area (Å²) in [6.45, 7) is 0.993. The number of ether oxygens (including phenoxy) is 2. The first-order chi connectivity index (χ1) is 13.5. The molecule has 1 aliphatic rings. The van der Waals surface area contributed by atoms with E-state index < -0.39 is 5.76 Å². The van der Waals surface area contributed by atoms with Crippen LogP contribution in [0.3, 0.4) is 0 Å². The van der Waals surface area contributed by atoms with Crippen molar-refractivity contribution in [3.8, 4) is 11.5 Å². The van der Waals surface area contributed by atoms with Crippen molar-refractivity contribution in [1.29, 1.82) is 0 Å². The third-order valence-corrected chi connectivity index (χ3v) is 4.89. The molecular weight excluding hydrogens is 384 g/mol. The Balaban J connectivity index is 1.37. The minimum absolute atomic E-state index is 0.0994. The fourth-order valence-corrected chi connectivity index (χ4v) is 3.37. The maximum Gasteiger partial charge on any atom is 0.419 e. The summed E-state index contributed by atoms with van der Waals surface area (Å²) in [6.07, 6.45) is -0.0823. The van der Waals surface area contributed by atoms with Crippen LogP contribution in [0.1, 0.15) is 6.42 Å². The number of hydrogen-bond donors (Lipinski definition) is 0. The smallest absolute Gasteiger partial charge is 0.419 e. The van der Waals surface area contributed by atoms with Gasteiger partial charge in [-0.25, -0.2) is 4.79 Å². The lowest BCUT2D eigenvalue weighted by Crippen LogP contribution is -2.42. The van der Waals surface area contributed by atoms with Gasteiger partial charge >= 0.3 is 5.76 Å². The molecule has 1 aromatic heterocycles. The number of likely N-dealkylation sites (N-methyl/N-ethyl adjacent to an activating group) is 1.